The quantitative estimate of drug-likeness (QED) is 0.717. The fraction of sp³-hybridized carbons (Fsp3) is 0.200. The summed E-state index contributed by atoms with van der Waals surface area (Å²) in [4.78, 5) is -0.207. The second-order valence-corrected chi connectivity index (χ2v) is 5.47. The van der Waals surface area contributed by atoms with Crippen LogP contribution in [0.4, 0.5) is 4.39 Å². The molecule has 0 saturated carbocycles. The molecule has 0 aromatic heterocycles. The van der Waals surface area contributed by atoms with Crippen LogP contribution in [-0.4, -0.2) is 14.2 Å². The number of benzene rings is 2. The highest BCUT2D eigenvalue weighted by Gasteiger charge is 2.16. The predicted octanol–water partition coefficient (Wildman–Crippen LogP) is 4.98. The van der Waals surface area contributed by atoms with Gasteiger partial charge in [0.2, 0.25) is 0 Å². The molecule has 2 aromatic rings. The number of halogens is 3. The Balaban J connectivity index is 2.35. The highest BCUT2D eigenvalue weighted by atomic mass is 79.9. The summed E-state index contributed by atoms with van der Waals surface area (Å²) in [6.45, 7) is 0. The zero-order valence-electron chi connectivity index (χ0n) is 11.0. The molecule has 0 spiro atoms. The van der Waals surface area contributed by atoms with Crippen LogP contribution in [0.25, 0.3) is 0 Å². The van der Waals surface area contributed by atoms with Gasteiger partial charge in [-0.15, -0.1) is 0 Å². The number of hydrogen-bond donors (Lipinski definition) is 0. The summed E-state index contributed by atoms with van der Waals surface area (Å²) in [5.74, 6) is 0.493. The molecule has 20 heavy (non-hydrogen) atoms. The predicted molar refractivity (Wildman–Crippen MR) is 81.7 cm³/mol. The number of ether oxygens (including phenoxy) is 2. The third-order valence-electron chi connectivity index (χ3n) is 2.95. The van der Waals surface area contributed by atoms with Gasteiger partial charge < -0.3 is 9.47 Å². The second kappa shape index (κ2) is 6.46. The summed E-state index contributed by atoms with van der Waals surface area (Å²) in [5, 5.41) is 0.558. The monoisotopic (exact) mass is 358 g/mol. The minimum Gasteiger partial charge on any atom is -0.497 e. The Morgan fingerprint density at radius 2 is 1.85 bits per heavy atom. The topological polar surface area (TPSA) is 18.5 Å². The number of hydrogen-bond acceptors (Lipinski definition) is 2. The first-order valence-electron chi connectivity index (χ1n) is 5.87. The van der Waals surface area contributed by atoms with Crippen LogP contribution in [0.15, 0.2) is 36.4 Å². The van der Waals surface area contributed by atoms with Gasteiger partial charge in [-0.1, -0.05) is 39.7 Å². The van der Waals surface area contributed by atoms with Crippen molar-refractivity contribution in [3.05, 3.63) is 58.4 Å². The molecule has 0 aliphatic heterocycles. The standard InChI is InChI=1S/C15H13BrClFO2/c1-19-10-4-5-11(12(17)8-10)15(16)9-3-6-14(20-2)13(18)7-9/h3-8,15H,1-2H3. The van der Waals surface area contributed by atoms with Crippen LogP contribution in [0.5, 0.6) is 11.5 Å². The molecule has 5 heteroatoms. The average Bonchev–Trinajstić information content (AvgIpc) is 2.46. The largest absolute Gasteiger partial charge is 0.497 e. The zero-order valence-corrected chi connectivity index (χ0v) is 13.3. The Labute approximate surface area is 130 Å². The van der Waals surface area contributed by atoms with Crippen LogP contribution in [-0.2, 0) is 0 Å². The van der Waals surface area contributed by atoms with Gasteiger partial charge in [0.05, 0.1) is 19.0 Å². The van der Waals surface area contributed by atoms with Gasteiger partial charge in [0.15, 0.2) is 11.6 Å². The number of rotatable bonds is 4. The second-order valence-electron chi connectivity index (χ2n) is 4.14. The van der Waals surface area contributed by atoms with E-state index in [1.54, 1.807) is 25.3 Å². The fourth-order valence-electron chi connectivity index (χ4n) is 1.86. The van der Waals surface area contributed by atoms with Gasteiger partial charge in [-0.3, -0.25) is 0 Å². The van der Waals surface area contributed by atoms with Crippen molar-refractivity contribution in [2.45, 2.75) is 4.83 Å². The molecule has 0 bridgehead atoms. The summed E-state index contributed by atoms with van der Waals surface area (Å²) < 4.78 is 23.8. The highest BCUT2D eigenvalue weighted by Crippen LogP contribution is 2.37. The molecule has 0 fully saturated rings. The maximum absolute atomic E-state index is 13.7. The molecule has 106 valence electrons. The number of methoxy groups -OCH3 is 2. The van der Waals surface area contributed by atoms with E-state index in [0.29, 0.717) is 10.8 Å². The molecule has 0 amide bonds. The van der Waals surface area contributed by atoms with Crippen molar-refractivity contribution in [1.82, 2.24) is 0 Å². The molecule has 0 heterocycles. The fourth-order valence-corrected chi connectivity index (χ4v) is 2.96. The number of alkyl halides is 1. The van der Waals surface area contributed by atoms with Gasteiger partial charge in [-0.2, -0.15) is 0 Å². The molecule has 2 aromatic carbocycles. The first-order chi connectivity index (χ1) is 9.56. The highest BCUT2D eigenvalue weighted by molar-refractivity contribution is 9.09. The maximum Gasteiger partial charge on any atom is 0.165 e. The van der Waals surface area contributed by atoms with E-state index in [9.17, 15) is 4.39 Å². The first kappa shape index (κ1) is 15.1. The van der Waals surface area contributed by atoms with E-state index >= 15 is 0 Å². The lowest BCUT2D eigenvalue weighted by molar-refractivity contribution is 0.386. The molecule has 2 rings (SSSR count). The van der Waals surface area contributed by atoms with Crippen molar-refractivity contribution >= 4 is 27.5 Å². The van der Waals surface area contributed by atoms with E-state index in [-0.39, 0.29) is 10.6 Å². The van der Waals surface area contributed by atoms with Crippen molar-refractivity contribution in [1.29, 1.82) is 0 Å². The average molecular weight is 360 g/mol. The minimum absolute atomic E-state index is 0.207. The van der Waals surface area contributed by atoms with E-state index in [2.05, 4.69) is 15.9 Å². The van der Waals surface area contributed by atoms with Crippen LogP contribution < -0.4 is 9.47 Å². The molecular weight excluding hydrogens is 347 g/mol. The molecule has 2 nitrogen and oxygen atoms in total. The summed E-state index contributed by atoms with van der Waals surface area (Å²) in [6, 6.07) is 10.2. The zero-order chi connectivity index (χ0) is 14.7. The van der Waals surface area contributed by atoms with E-state index in [4.69, 9.17) is 21.1 Å². The Morgan fingerprint density at radius 3 is 2.40 bits per heavy atom. The van der Waals surface area contributed by atoms with Crippen molar-refractivity contribution in [3.63, 3.8) is 0 Å². The van der Waals surface area contributed by atoms with Crippen molar-refractivity contribution in [2.75, 3.05) is 14.2 Å². The SMILES string of the molecule is COc1ccc(C(Br)c2ccc(OC)c(F)c2)c(Cl)c1. The lowest BCUT2D eigenvalue weighted by Crippen LogP contribution is -1.97. The van der Waals surface area contributed by atoms with E-state index in [1.165, 1.54) is 13.2 Å². The minimum atomic E-state index is -0.404. The molecule has 0 aliphatic rings. The summed E-state index contributed by atoms with van der Waals surface area (Å²) in [7, 11) is 3.01. The molecule has 0 aliphatic carbocycles. The lowest BCUT2D eigenvalue weighted by atomic mass is 10.0. The lowest BCUT2D eigenvalue weighted by Gasteiger charge is -2.14. The Hall–Kier alpha value is -1.26. The van der Waals surface area contributed by atoms with Gasteiger partial charge >= 0.3 is 0 Å². The van der Waals surface area contributed by atoms with Crippen molar-refractivity contribution in [3.8, 4) is 11.5 Å². The van der Waals surface area contributed by atoms with Gasteiger partial charge in [0, 0.05) is 5.02 Å². The third kappa shape index (κ3) is 3.07. The first-order valence-corrected chi connectivity index (χ1v) is 7.17. The summed E-state index contributed by atoms with van der Waals surface area (Å²) in [6.07, 6.45) is 0. The smallest absolute Gasteiger partial charge is 0.165 e. The summed E-state index contributed by atoms with van der Waals surface area (Å²) >= 11 is 9.76. The van der Waals surface area contributed by atoms with Gasteiger partial charge in [0.1, 0.15) is 5.75 Å². The van der Waals surface area contributed by atoms with Crippen molar-refractivity contribution < 1.29 is 13.9 Å². The Bertz CT molecular complexity index is 619. The van der Waals surface area contributed by atoms with Crippen LogP contribution in [0.2, 0.25) is 5.02 Å². The Kier molecular flexibility index (Phi) is 4.89. The van der Waals surface area contributed by atoms with E-state index in [1.807, 2.05) is 12.1 Å². The molecule has 0 radical (unpaired) electrons. The molecular formula is C15H13BrClFO2. The van der Waals surface area contributed by atoms with E-state index < -0.39 is 5.82 Å². The van der Waals surface area contributed by atoms with Crippen molar-refractivity contribution in [2.24, 2.45) is 0 Å². The molecule has 0 saturated heterocycles. The van der Waals surface area contributed by atoms with Crippen LogP contribution in [0.1, 0.15) is 16.0 Å². The maximum atomic E-state index is 13.7. The van der Waals surface area contributed by atoms with Gasteiger partial charge in [-0.25, -0.2) is 4.39 Å². The molecule has 1 unspecified atom stereocenters. The Morgan fingerprint density at radius 1 is 1.10 bits per heavy atom. The van der Waals surface area contributed by atoms with Gasteiger partial charge in [-0.05, 0) is 35.4 Å². The van der Waals surface area contributed by atoms with Crippen LogP contribution in [0, 0.1) is 5.82 Å². The van der Waals surface area contributed by atoms with Crippen LogP contribution >= 0.6 is 27.5 Å². The normalized spacial score (nSPS) is 12.1. The third-order valence-corrected chi connectivity index (χ3v) is 4.30. The molecule has 0 N–H and O–H groups in total. The molecule has 1 atom stereocenters. The van der Waals surface area contributed by atoms with Crippen LogP contribution in [0.3, 0.4) is 0 Å². The summed E-state index contributed by atoms with van der Waals surface area (Å²) in [5.41, 5.74) is 1.60. The van der Waals surface area contributed by atoms with Gasteiger partial charge in [0.25, 0.3) is 0 Å². The van der Waals surface area contributed by atoms with E-state index in [0.717, 1.165) is 11.1 Å².